The molecule has 7 heteroatoms. The predicted octanol–water partition coefficient (Wildman–Crippen LogP) is 1.53. The highest BCUT2D eigenvalue weighted by molar-refractivity contribution is 7.09. The molecule has 0 aromatic carbocycles. The number of hydrogen-bond acceptors (Lipinski definition) is 5. The molecule has 0 atom stereocenters. The Kier molecular flexibility index (Phi) is 3.19. The van der Waals surface area contributed by atoms with E-state index < -0.39 is 0 Å². The van der Waals surface area contributed by atoms with Gasteiger partial charge in [-0.25, -0.2) is 9.97 Å². The molecule has 0 aliphatic carbocycles. The van der Waals surface area contributed by atoms with Crippen LogP contribution in [-0.4, -0.2) is 24.7 Å². The summed E-state index contributed by atoms with van der Waals surface area (Å²) in [6, 6.07) is 1.48. The van der Waals surface area contributed by atoms with Gasteiger partial charge < -0.3 is 4.98 Å². The fourth-order valence-corrected chi connectivity index (χ4v) is 2.70. The van der Waals surface area contributed by atoms with E-state index in [4.69, 9.17) is 0 Å². The first kappa shape index (κ1) is 12.7. The van der Waals surface area contributed by atoms with E-state index in [9.17, 15) is 4.79 Å². The highest BCUT2D eigenvalue weighted by Gasteiger charge is 2.08. The average molecular weight is 287 g/mol. The lowest BCUT2D eigenvalue weighted by Gasteiger charge is -2.01. The van der Waals surface area contributed by atoms with Crippen LogP contribution in [0.25, 0.3) is 11.3 Å². The lowest BCUT2D eigenvalue weighted by Crippen LogP contribution is -2.11. The zero-order chi connectivity index (χ0) is 14.1. The third kappa shape index (κ3) is 2.67. The van der Waals surface area contributed by atoms with Crippen molar-refractivity contribution in [1.82, 2.24) is 24.7 Å². The normalized spacial score (nSPS) is 10.9. The van der Waals surface area contributed by atoms with Gasteiger partial charge in [-0.2, -0.15) is 5.10 Å². The van der Waals surface area contributed by atoms with Gasteiger partial charge in [0.2, 0.25) is 0 Å². The first-order chi connectivity index (χ1) is 9.60. The fraction of sp³-hybridized carbons (Fsp3) is 0.231. The molecule has 102 valence electrons. The quantitative estimate of drug-likeness (QED) is 0.792. The molecule has 0 unspecified atom stereocenters. The van der Waals surface area contributed by atoms with Gasteiger partial charge in [-0.05, 0) is 6.92 Å². The molecule has 0 amide bonds. The number of aromatic nitrogens is 5. The van der Waals surface area contributed by atoms with Crippen molar-refractivity contribution in [3.63, 3.8) is 0 Å². The van der Waals surface area contributed by atoms with Crippen LogP contribution in [0, 0.1) is 6.92 Å². The summed E-state index contributed by atoms with van der Waals surface area (Å²) in [6.07, 6.45) is 4.06. The highest BCUT2D eigenvalue weighted by atomic mass is 32.1. The second kappa shape index (κ2) is 5.01. The molecule has 3 aromatic heterocycles. The van der Waals surface area contributed by atoms with E-state index in [-0.39, 0.29) is 5.56 Å². The molecule has 0 radical (unpaired) electrons. The van der Waals surface area contributed by atoms with Crippen LogP contribution in [0.2, 0.25) is 0 Å². The van der Waals surface area contributed by atoms with Gasteiger partial charge in [-0.1, -0.05) is 0 Å². The predicted molar refractivity (Wildman–Crippen MR) is 76.7 cm³/mol. The van der Waals surface area contributed by atoms with Crippen LogP contribution in [0.5, 0.6) is 0 Å². The van der Waals surface area contributed by atoms with Crippen molar-refractivity contribution < 1.29 is 0 Å². The highest BCUT2D eigenvalue weighted by Crippen LogP contribution is 2.16. The Balaban J connectivity index is 1.96. The Morgan fingerprint density at radius 2 is 2.25 bits per heavy atom. The fourth-order valence-electron chi connectivity index (χ4n) is 1.92. The lowest BCUT2D eigenvalue weighted by molar-refractivity contribution is 0.768. The number of nitrogens with one attached hydrogen (secondary N) is 1. The zero-order valence-electron chi connectivity index (χ0n) is 11.1. The van der Waals surface area contributed by atoms with Crippen molar-refractivity contribution in [2.24, 2.45) is 7.05 Å². The monoisotopic (exact) mass is 287 g/mol. The first-order valence-electron chi connectivity index (χ1n) is 6.10. The van der Waals surface area contributed by atoms with Crippen LogP contribution in [-0.2, 0) is 13.5 Å². The van der Waals surface area contributed by atoms with Crippen molar-refractivity contribution >= 4 is 11.3 Å². The standard InChI is InChI=1S/C13H13N5OS/c1-8-7-20-13(15-8)4-11-16-10(3-12(19)17-11)9-5-14-18(2)6-9/h3,5-7H,4H2,1-2H3,(H,16,17,19). The maximum Gasteiger partial charge on any atom is 0.251 e. The first-order valence-corrected chi connectivity index (χ1v) is 6.98. The Labute approximate surface area is 119 Å². The maximum atomic E-state index is 11.7. The largest absolute Gasteiger partial charge is 0.310 e. The minimum absolute atomic E-state index is 0.165. The molecule has 0 saturated heterocycles. The molecule has 0 fully saturated rings. The number of H-pyrrole nitrogens is 1. The summed E-state index contributed by atoms with van der Waals surface area (Å²) in [4.78, 5) is 23.4. The molecular weight excluding hydrogens is 274 g/mol. The van der Waals surface area contributed by atoms with Gasteiger partial charge in [0, 0.05) is 35.9 Å². The Bertz CT molecular complexity index is 801. The van der Waals surface area contributed by atoms with Crippen molar-refractivity contribution in [3.8, 4) is 11.3 Å². The van der Waals surface area contributed by atoms with Gasteiger partial charge >= 0.3 is 0 Å². The number of aromatic amines is 1. The van der Waals surface area contributed by atoms with Crippen LogP contribution in [0.15, 0.2) is 28.6 Å². The summed E-state index contributed by atoms with van der Waals surface area (Å²) in [7, 11) is 1.83. The molecule has 0 aliphatic rings. The van der Waals surface area contributed by atoms with Gasteiger partial charge in [0.05, 0.1) is 18.3 Å². The number of aryl methyl sites for hydroxylation is 2. The molecule has 0 aliphatic heterocycles. The van der Waals surface area contributed by atoms with E-state index in [1.54, 1.807) is 22.2 Å². The molecule has 0 bridgehead atoms. The minimum Gasteiger partial charge on any atom is -0.310 e. The smallest absolute Gasteiger partial charge is 0.251 e. The molecule has 0 spiro atoms. The molecule has 6 nitrogen and oxygen atoms in total. The molecule has 3 aromatic rings. The Morgan fingerprint density at radius 1 is 1.40 bits per heavy atom. The second-order valence-corrected chi connectivity index (χ2v) is 5.48. The third-order valence-corrected chi connectivity index (χ3v) is 3.74. The van der Waals surface area contributed by atoms with Gasteiger partial charge in [0.25, 0.3) is 5.56 Å². The number of thiazole rings is 1. The van der Waals surface area contributed by atoms with Gasteiger partial charge in [-0.3, -0.25) is 9.48 Å². The van der Waals surface area contributed by atoms with Crippen LogP contribution >= 0.6 is 11.3 Å². The Morgan fingerprint density at radius 3 is 2.90 bits per heavy atom. The summed E-state index contributed by atoms with van der Waals surface area (Å²) >= 11 is 1.57. The van der Waals surface area contributed by atoms with E-state index in [0.29, 0.717) is 17.9 Å². The van der Waals surface area contributed by atoms with Crippen molar-refractivity contribution in [2.75, 3.05) is 0 Å². The minimum atomic E-state index is -0.165. The molecular formula is C13H13N5OS. The van der Waals surface area contributed by atoms with Crippen LogP contribution in [0.3, 0.4) is 0 Å². The Hall–Kier alpha value is -2.28. The summed E-state index contributed by atoms with van der Waals surface area (Å²) in [6.45, 7) is 1.95. The third-order valence-electron chi connectivity index (χ3n) is 2.78. The van der Waals surface area contributed by atoms with Gasteiger partial charge in [0.1, 0.15) is 10.8 Å². The average Bonchev–Trinajstić information content (AvgIpc) is 2.98. The van der Waals surface area contributed by atoms with Crippen molar-refractivity contribution in [2.45, 2.75) is 13.3 Å². The summed E-state index contributed by atoms with van der Waals surface area (Å²) in [5.74, 6) is 0.616. The number of rotatable bonds is 3. The van der Waals surface area contributed by atoms with Crippen molar-refractivity contribution in [3.05, 3.63) is 50.7 Å². The molecule has 1 N–H and O–H groups in total. The molecule has 3 rings (SSSR count). The maximum absolute atomic E-state index is 11.7. The number of hydrogen-bond donors (Lipinski definition) is 1. The lowest BCUT2D eigenvalue weighted by atomic mass is 10.2. The van der Waals surface area contributed by atoms with E-state index >= 15 is 0 Å². The van der Waals surface area contributed by atoms with E-state index in [2.05, 4.69) is 20.1 Å². The summed E-state index contributed by atoms with van der Waals surface area (Å²) in [5, 5.41) is 7.02. The van der Waals surface area contributed by atoms with E-state index in [1.807, 2.05) is 25.5 Å². The van der Waals surface area contributed by atoms with E-state index in [0.717, 1.165) is 16.3 Å². The topological polar surface area (TPSA) is 76.5 Å². The van der Waals surface area contributed by atoms with E-state index in [1.165, 1.54) is 6.07 Å². The molecule has 20 heavy (non-hydrogen) atoms. The molecule has 3 heterocycles. The summed E-state index contributed by atoms with van der Waals surface area (Å²) < 4.78 is 1.68. The second-order valence-electron chi connectivity index (χ2n) is 4.54. The van der Waals surface area contributed by atoms with Crippen molar-refractivity contribution in [1.29, 1.82) is 0 Å². The van der Waals surface area contributed by atoms with Crippen LogP contribution in [0.4, 0.5) is 0 Å². The van der Waals surface area contributed by atoms with Crippen LogP contribution in [0.1, 0.15) is 16.5 Å². The summed E-state index contributed by atoms with van der Waals surface area (Å²) in [5.41, 5.74) is 2.28. The van der Waals surface area contributed by atoms with Gasteiger partial charge in [-0.15, -0.1) is 11.3 Å². The van der Waals surface area contributed by atoms with Gasteiger partial charge in [0.15, 0.2) is 0 Å². The zero-order valence-corrected chi connectivity index (χ0v) is 11.9. The van der Waals surface area contributed by atoms with Crippen LogP contribution < -0.4 is 5.56 Å². The molecule has 0 saturated carbocycles. The SMILES string of the molecule is Cc1csc(Cc2nc(-c3cnn(C)c3)cc(=O)[nH]2)n1. The number of nitrogens with zero attached hydrogens (tertiary/aromatic N) is 4.